The summed E-state index contributed by atoms with van der Waals surface area (Å²) in [6.45, 7) is 7.12. The van der Waals surface area contributed by atoms with E-state index in [0.717, 1.165) is 36.8 Å². The maximum atomic E-state index is 4.70. The first-order valence-electron chi connectivity index (χ1n) is 7.62. The Labute approximate surface area is 126 Å². The highest BCUT2D eigenvalue weighted by Gasteiger charge is 2.24. The van der Waals surface area contributed by atoms with Crippen LogP contribution in [-0.2, 0) is 13.6 Å². The van der Waals surface area contributed by atoms with E-state index < -0.39 is 0 Å². The molecule has 2 aromatic rings. The molecule has 3 heterocycles. The van der Waals surface area contributed by atoms with E-state index in [4.69, 9.17) is 4.98 Å². The third kappa shape index (κ3) is 3.29. The first kappa shape index (κ1) is 14.2. The van der Waals surface area contributed by atoms with Gasteiger partial charge in [0.1, 0.15) is 11.6 Å². The van der Waals surface area contributed by atoms with Gasteiger partial charge in [-0.05, 0) is 39.3 Å². The molecule has 1 atom stereocenters. The number of hydrogen-bond donors (Lipinski definition) is 0. The van der Waals surface area contributed by atoms with Crippen molar-refractivity contribution in [3.05, 3.63) is 41.5 Å². The van der Waals surface area contributed by atoms with Crippen LogP contribution in [0.4, 0.5) is 0 Å². The third-order valence-electron chi connectivity index (χ3n) is 4.12. The lowest BCUT2D eigenvalue weighted by molar-refractivity contribution is 0.193. The second-order valence-electron chi connectivity index (χ2n) is 6.02. The molecule has 0 N–H and O–H groups in total. The number of aromatic nitrogens is 4. The topological polar surface area (TPSA) is 46.8 Å². The fourth-order valence-corrected chi connectivity index (χ4v) is 3.25. The molecule has 0 aliphatic carbocycles. The van der Waals surface area contributed by atoms with Crippen molar-refractivity contribution in [2.75, 3.05) is 13.1 Å². The van der Waals surface area contributed by atoms with Crippen molar-refractivity contribution in [2.24, 2.45) is 7.05 Å². The van der Waals surface area contributed by atoms with Gasteiger partial charge in [0.2, 0.25) is 0 Å². The molecule has 112 valence electrons. The largest absolute Gasteiger partial charge is 0.337 e. The fourth-order valence-electron chi connectivity index (χ4n) is 3.25. The normalized spacial score (nSPS) is 19.9. The zero-order valence-electron chi connectivity index (χ0n) is 13.1. The highest BCUT2D eigenvalue weighted by atomic mass is 15.2. The second kappa shape index (κ2) is 5.93. The lowest BCUT2D eigenvalue weighted by Crippen LogP contribution is -2.35. The SMILES string of the molecule is Cc1cn(C)c(C2CCCN(Cc3ccnc(C)n3)C2)n1. The molecular formula is C16H23N5. The fraction of sp³-hybridized carbons (Fsp3) is 0.562. The monoisotopic (exact) mass is 285 g/mol. The van der Waals surface area contributed by atoms with E-state index in [-0.39, 0.29) is 0 Å². The summed E-state index contributed by atoms with van der Waals surface area (Å²) in [6, 6.07) is 2.02. The van der Waals surface area contributed by atoms with Gasteiger partial charge >= 0.3 is 0 Å². The summed E-state index contributed by atoms with van der Waals surface area (Å²) < 4.78 is 2.18. The van der Waals surface area contributed by atoms with Gasteiger partial charge < -0.3 is 4.57 Å². The van der Waals surface area contributed by atoms with Crippen LogP contribution in [0.25, 0.3) is 0 Å². The second-order valence-corrected chi connectivity index (χ2v) is 6.02. The first-order chi connectivity index (χ1) is 10.1. The molecule has 5 nitrogen and oxygen atoms in total. The maximum absolute atomic E-state index is 4.70. The molecule has 0 radical (unpaired) electrons. The number of aryl methyl sites for hydroxylation is 3. The van der Waals surface area contributed by atoms with E-state index in [9.17, 15) is 0 Å². The quantitative estimate of drug-likeness (QED) is 0.867. The van der Waals surface area contributed by atoms with Crippen molar-refractivity contribution in [3.8, 4) is 0 Å². The molecule has 1 unspecified atom stereocenters. The van der Waals surface area contributed by atoms with Crippen molar-refractivity contribution < 1.29 is 0 Å². The number of nitrogens with zero attached hydrogens (tertiary/aromatic N) is 5. The van der Waals surface area contributed by atoms with Gasteiger partial charge in [0.15, 0.2) is 0 Å². The Hall–Kier alpha value is -1.75. The van der Waals surface area contributed by atoms with Gasteiger partial charge in [-0.25, -0.2) is 15.0 Å². The van der Waals surface area contributed by atoms with Crippen molar-refractivity contribution >= 4 is 0 Å². The van der Waals surface area contributed by atoms with Gasteiger partial charge in [-0.2, -0.15) is 0 Å². The van der Waals surface area contributed by atoms with E-state index >= 15 is 0 Å². The molecule has 1 fully saturated rings. The highest BCUT2D eigenvalue weighted by molar-refractivity contribution is 5.09. The van der Waals surface area contributed by atoms with E-state index in [1.807, 2.05) is 19.2 Å². The number of rotatable bonds is 3. The van der Waals surface area contributed by atoms with Gasteiger partial charge in [-0.15, -0.1) is 0 Å². The van der Waals surface area contributed by atoms with E-state index in [1.165, 1.54) is 18.7 Å². The third-order valence-corrected chi connectivity index (χ3v) is 4.12. The Morgan fingerprint density at radius 1 is 1.29 bits per heavy atom. The van der Waals surface area contributed by atoms with Crippen LogP contribution in [0.1, 0.15) is 41.8 Å². The predicted octanol–water partition coefficient (Wildman–Crippen LogP) is 2.21. The van der Waals surface area contributed by atoms with E-state index in [0.29, 0.717) is 5.92 Å². The van der Waals surface area contributed by atoms with Gasteiger partial charge in [0.05, 0.1) is 11.4 Å². The Morgan fingerprint density at radius 2 is 2.14 bits per heavy atom. The molecule has 0 amide bonds. The molecule has 1 aliphatic rings. The molecule has 0 spiro atoms. The number of likely N-dealkylation sites (tertiary alicyclic amines) is 1. The van der Waals surface area contributed by atoms with Gasteiger partial charge in [0, 0.05) is 38.4 Å². The molecule has 2 aromatic heterocycles. The minimum absolute atomic E-state index is 0.528. The first-order valence-corrected chi connectivity index (χ1v) is 7.62. The minimum atomic E-state index is 0.528. The molecular weight excluding hydrogens is 262 g/mol. The predicted molar refractivity (Wildman–Crippen MR) is 82.0 cm³/mol. The Balaban J connectivity index is 1.70. The van der Waals surface area contributed by atoms with Crippen LogP contribution >= 0.6 is 0 Å². The molecule has 3 rings (SSSR count). The number of imidazole rings is 1. The summed E-state index contributed by atoms with van der Waals surface area (Å²) in [4.78, 5) is 15.9. The van der Waals surface area contributed by atoms with Crippen molar-refractivity contribution in [2.45, 2.75) is 39.2 Å². The van der Waals surface area contributed by atoms with Crippen LogP contribution in [0.3, 0.4) is 0 Å². The minimum Gasteiger partial charge on any atom is -0.337 e. The van der Waals surface area contributed by atoms with Crippen LogP contribution in [0.15, 0.2) is 18.5 Å². The van der Waals surface area contributed by atoms with Crippen molar-refractivity contribution in [1.82, 2.24) is 24.4 Å². The summed E-state index contributed by atoms with van der Waals surface area (Å²) in [5, 5.41) is 0. The molecule has 1 aliphatic heterocycles. The zero-order valence-corrected chi connectivity index (χ0v) is 13.1. The molecule has 0 aromatic carbocycles. The average molecular weight is 285 g/mol. The van der Waals surface area contributed by atoms with E-state index in [1.54, 1.807) is 0 Å². The van der Waals surface area contributed by atoms with Crippen LogP contribution < -0.4 is 0 Å². The smallest absolute Gasteiger partial charge is 0.125 e. The Kier molecular flexibility index (Phi) is 4.01. The van der Waals surface area contributed by atoms with Gasteiger partial charge in [0.25, 0.3) is 0 Å². The summed E-state index contributed by atoms with van der Waals surface area (Å²) in [5.74, 6) is 2.59. The van der Waals surface area contributed by atoms with Crippen LogP contribution in [0, 0.1) is 13.8 Å². The van der Waals surface area contributed by atoms with Crippen molar-refractivity contribution in [1.29, 1.82) is 0 Å². The molecule has 1 saturated heterocycles. The molecule has 5 heteroatoms. The standard InChI is InChI=1S/C16H23N5/c1-12-9-20(3)16(18-12)14-5-4-8-21(10-14)11-15-6-7-17-13(2)19-15/h6-7,9,14H,4-5,8,10-11H2,1-3H3. The summed E-state index contributed by atoms with van der Waals surface area (Å²) in [5.41, 5.74) is 2.22. The van der Waals surface area contributed by atoms with Crippen LogP contribution in [-0.4, -0.2) is 37.5 Å². The average Bonchev–Trinajstić information content (AvgIpc) is 2.78. The molecule has 21 heavy (non-hydrogen) atoms. The van der Waals surface area contributed by atoms with Crippen LogP contribution in [0.5, 0.6) is 0 Å². The summed E-state index contributed by atoms with van der Waals surface area (Å²) in [6.07, 6.45) is 6.41. The van der Waals surface area contributed by atoms with E-state index in [2.05, 4.69) is 39.6 Å². The van der Waals surface area contributed by atoms with Crippen molar-refractivity contribution in [3.63, 3.8) is 0 Å². The lowest BCUT2D eigenvalue weighted by atomic mass is 9.97. The summed E-state index contributed by atoms with van der Waals surface area (Å²) >= 11 is 0. The molecule has 0 bridgehead atoms. The number of hydrogen-bond acceptors (Lipinski definition) is 4. The Morgan fingerprint density at radius 3 is 2.86 bits per heavy atom. The van der Waals surface area contributed by atoms with Crippen LogP contribution in [0.2, 0.25) is 0 Å². The Bertz CT molecular complexity index is 619. The lowest BCUT2D eigenvalue weighted by Gasteiger charge is -2.32. The number of piperidine rings is 1. The highest BCUT2D eigenvalue weighted by Crippen LogP contribution is 2.26. The molecule has 0 saturated carbocycles. The van der Waals surface area contributed by atoms with Gasteiger partial charge in [-0.3, -0.25) is 4.90 Å². The summed E-state index contributed by atoms with van der Waals surface area (Å²) in [7, 11) is 2.10. The van der Waals surface area contributed by atoms with Gasteiger partial charge in [-0.1, -0.05) is 0 Å². The maximum Gasteiger partial charge on any atom is 0.125 e. The zero-order chi connectivity index (χ0) is 14.8.